The third-order valence-corrected chi connectivity index (χ3v) is 9.56. The van der Waals surface area contributed by atoms with Crippen LogP contribution in [0.5, 0.6) is 5.75 Å². The fourth-order valence-electron chi connectivity index (χ4n) is 3.78. The number of rotatable bonds is 9. The largest absolute Gasteiger partial charge is 0.484 e. The van der Waals surface area contributed by atoms with Crippen LogP contribution in [-0.4, -0.2) is 60.9 Å². The average molecular weight is 624 g/mol. The summed E-state index contributed by atoms with van der Waals surface area (Å²) in [6.45, 7) is 1.97. The van der Waals surface area contributed by atoms with Gasteiger partial charge < -0.3 is 19.6 Å². The van der Waals surface area contributed by atoms with Crippen molar-refractivity contribution >= 4 is 68.6 Å². The lowest BCUT2D eigenvalue weighted by Crippen LogP contribution is -2.70. The van der Waals surface area contributed by atoms with Crippen molar-refractivity contribution in [2.75, 3.05) is 11.5 Å². The summed E-state index contributed by atoms with van der Waals surface area (Å²) in [5, 5.41) is 20.8. The summed E-state index contributed by atoms with van der Waals surface area (Å²) < 4.78 is 12.8. The standard InChI is InChI=1S/C23H19BrN4O6S3/c1-11-26-27-23(37-11)36-10-12-9-35-21-17(20(30)28(21)18(12)22(31)32)25-19(29)16-7-6-13(34-16)8-33-15-5-3-2-4-14(15)24/h2-7,17,21H,8-10H2,1H3,(H,25,29)(H,31,32)/t17-,21+/m0/s1. The lowest BCUT2D eigenvalue weighted by atomic mass is 10.0. The minimum atomic E-state index is -1.17. The molecule has 2 atom stereocenters. The number of amides is 2. The maximum Gasteiger partial charge on any atom is 0.352 e. The number of para-hydroxylation sites is 1. The van der Waals surface area contributed by atoms with Gasteiger partial charge >= 0.3 is 5.97 Å². The van der Waals surface area contributed by atoms with E-state index in [2.05, 4.69) is 31.4 Å². The number of β-lactam (4-membered cyclic amide) rings is 1. The van der Waals surface area contributed by atoms with Gasteiger partial charge in [-0.05, 0) is 52.7 Å². The number of furan rings is 1. The van der Waals surface area contributed by atoms with Gasteiger partial charge in [-0.1, -0.05) is 35.2 Å². The number of nitrogens with zero attached hydrogens (tertiary/aromatic N) is 3. The van der Waals surface area contributed by atoms with Crippen LogP contribution in [-0.2, 0) is 16.2 Å². The lowest BCUT2D eigenvalue weighted by molar-refractivity contribution is -0.148. The molecule has 1 saturated heterocycles. The Morgan fingerprint density at radius 3 is 2.84 bits per heavy atom. The Balaban J connectivity index is 1.21. The third-order valence-electron chi connectivity index (χ3n) is 5.51. The van der Waals surface area contributed by atoms with E-state index in [-0.39, 0.29) is 18.1 Å². The quantitative estimate of drug-likeness (QED) is 0.267. The highest BCUT2D eigenvalue weighted by atomic mass is 79.9. The number of benzene rings is 1. The monoisotopic (exact) mass is 622 g/mol. The molecule has 0 unspecified atom stereocenters. The van der Waals surface area contributed by atoms with Crippen molar-refractivity contribution in [1.82, 2.24) is 20.4 Å². The summed E-state index contributed by atoms with van der Waals surface area (Å²) in [6.07, 6.45) is 0. The molecule has 2 aromatic heterocycles. The smallest absolute Gasteiger partial charge is 0.352 e. The van der Waals surface area contributed by atoms with E-state index >= 15 is 0 Å². The van der Waals surface area contributed by atoms with Gasteiger partial charge in [0.2, 0.25) is 0 Å². The van der Waals surface area contributed by atoms with E-state index < -0.39 is 29.2 Å². The number of hydrogen-bond acceptors (Lipinski definition) is 10. The summed E-state index contributed by atoms with van der Waals surface area (Å²) in [5.41, 5.74) is 0.600. The number of carboxylic acid groups (broad SMARTS) is 1. The number of carboxylic acids is 1. The normalized spacial score (nSPS) is 18.9. The van der Waals surface area contributed by atoms with Gasteiger partial charge in [-0.3, -0.25) is 14.5 Å². The molecule has 3 aromatic rings. The zero-order chi connectivity index (χ0) is 26.1. The molecule has 2 N–H and O–H groups in total. The van der Waals surface area contributed by atoms with Crippen LogP contribution in [0.2, 0.25) is 0 Å². The maximum absolute atomic E-state index is 12.9. The Bertz CT molecular complexity index is 1410. The average Bonchev–Trinajstić information content (AvgIpc) is 3.53. The number of thioether (sulfide) groups is 2. The van der Waals surface area contributed by atoms with Gasteiger partial charge in [-0.2, -0.15) is 0 Å². The van der Waals surface area contributed by atoms with E-state index in [9.17, 15) is 19.5 Å². The first-order chi connectivity index (χ1) is 17.8. The number of fused-ring (bicyclic) bond motifs is 1. The molecule has 2 aliphatic heterocycles. The van der Waals surface area contributed by atoms with E-state index in [4.69, 9.17) is 9.15 Å². The zero-order valence-corrected chi connectivity index (χ0v) is 23.2. The van der Waals surface area contributed by atoms with Crippen molar-refractivity contribution in [3.05, 3.63) is 68.7 Å². The maximum atomic E-state index is 12.9. The number of hydrogen-bond donors (Lipinski definition) is 2. The molecule has 2 amide bonds. The first-order valence-corrected chi connectivity index (χ1v) is 14.6. The number of carbonyl (C=O) groups is 3. The zero-order valence-electron chi connectivity index (χ0n) is 19.2. The van der Waals surface area contributed by atoms with Gasteiger partial charge in [-0.25, -0.2) is 4.79 Å². The highest BCUT2D eigenvalue weighted by Gasteiger charge is 2.54. The predicted molar refractivity (Wildman–Crippen MR) is 142 cm³/mol. The van der Waals surface area contributed by atoms with Crippen molar-refractivity contribution in [1.29, 1.82) is 0 Å². The van der Waals surface area contributed by atoms with E-state index in [0.717, 1.165) is 13.8 Å². The van der Waals surface area contributed by atoms with Gasteiger partial charge in [0.25, 0.3) is 11.8 Å². The molecule has 0 saturated carbocycles. The molecule has 0 bridgehead atoms. The fraction of sp³-hybridized carbons (Fsp3) is 0.261. The van der Waals surface area contributed by atoms with Crippen molar-refractivity contribution in [2.45, 2.75) is 29.3 Å². The number of ether oxygens (including phenoxy) is 1. The van der Waals surface area contributed by atoms with E-state index in [0.29, 0.717) is 28.6 Å². The molecular formula is C23H19BrN4O6S3. The fourth-order valence-corrected chi connectivity index (χ4v) is 7.48. The number of aliphatic carboxylic acids is 1. The molecule has 0 radical (unpaired) electrons. The minimum Gasteiger partial charge on any atom is -0.484 e. The minimum absolute atomic E-state index is 0.0301. The van der Waals surface area contributed by atoms with Gasteiger partial charge in [-0.15, -0.1) is 22.0 Å². The predicted octanol–water partition coefficient (Wildman–Crippen LogP) is 3.93. The number of aryl methyl sites for hydroxylation is 1. The van der Waals surface area contributed by atoms with E-state index in [1.54, 1.807) is 12.1 Å². The van der Waals surface area contributed by atoms with Gasteiger partial charge in [0.05, 0.1) is 4.47 Å². The van der Waals surface area contributed by atoms with Crippen LogP contribution in [0.15, 0.2) is 60.9 Å². The van der Waals surface area contributed by atoms with Crippen LogP contribution in [0.3, 0.4) is 0 Å². The van der Waals surface area contributed by atoms with Crippen LogP contribution >= 0.6 is 50.8 Å². The number of aromatic nitrogens is 2. The van der Waals surface area contributed by atoms with Crippen LogP contribution in [0, 0.1) is 6.92 Å². The number of halogens is 1. The summed E-state index contributed by atoms with van der Waals surface area (Å²) in [7, 11) is 0. The van der Waals surface area contributed by atoms with Gasteiger partial charge in [0, 0.05) is 11.5 Å². The highest BCUT2D eigenvalue weighted by molar-refractivity contribution is 9.10. The Morgan fingerprint density at radius 1 is 1.30 bits per heavy atom. The van der Waals surface area contributed by atoms with E-state index in [1.165, 1.54) is 45.8 Å². The van der Waals surface area contributed by atoms with Gasteiger partial charge in [0.1, 0.15) is 40.2 Å². The first-order valence-electron chi connectivity index (χ1n) is 10.9. The Kier molecular flexibility index (Phi) is 7.60. The molecule has 0 aliphatic carbocycles. The molecule has 10 nitrogen and oxygen atoms in total. The molecule has 2 aliphatic rings. The lowest BCUT2D eigenvalue weighted by Gasteiger charge is -2.49. The molecule has 37 heavy (non-hydrogen) atoms. The third kappa shape index (κ3) is 5.42. The van der Waals surface area contributed by atoms with Crippen LogP contribution in [0.1, 0.15) is 21.3 Å². The SMILES string of the molecule is Cc1nnc(SCC2=C(C(=O)O)N3C(=O)[C@H](NC(=O)c4ccc(COc5ccccc5Br)o4)[C@H]3SC2)s1. The molecule has 1 fully saturated rings. The molecule has 192 valence electrons. The Labute approximate surface area is 232 Å². The van der Waals surface area contributed by atoms with Crippen molar-refractivity contribution < 1.29 is 28.6 Å². The van der Waals surface area contributed by atoms with Crippen LogP contribution < -0.4 is 10.1 Å². The summed E-state index contributed by atoms with van der Waals surface area (Å²) >= 11 is 7.64. The van der Waals surface area contributed by atoms with E-state index in [1.807, 2.05) is 25.1 Å². The second-order valence-electron chi connectivity index (χ2n) is 7.98. The second-order valence-corrected chi connectivity index (χ2v) is 12.3. The molecule has 5 rings (SSSR count). The van der Waals surface area contributed by atoms with Crippen LogP contribution in [0.4, 0.5) is 0 Å². The molecule has 4 heterocycles. The topological polar surface area (TPSA) is 135 Å². The molecular weight excluding hydrogens is 604 g/mol. The van der Waals surface area contributed by atoms with Crippen molar-refractivity contribution in [3.8, 4) is 5.75 Å². The summed E-state index contributed by atoms with van der Waals surface area (Å²) in [5.74, 6) is -0.278. The summed E-state index contributed by atoms with van der Waals surface area (Å²) in [6, 6.07) is 9.66. The van der Waals surface area contributed by atoms with Crippen molar-refractivity contribution in [2.24, 2.45) is 0 Å². The second kappa shape index (κ2) is 10.9. The number of nitrogens with one attached hydrogen (secondary N) is 1. The first kappa shape index (κ1) is 25.8. The summed E-state index contributed by atoms with van der Waals surface area (Å²) in [4.78, 5) is 39.0. The Morgan fingerprint density at radius 2 is 2.11 bits per heavy atom. The molecule has 0 spiro atoms. The van der Waals surface area contributed by atoms with Gasteiger partial charge in [0.15, 0.2) is 10.1 Å². The highest BCUT2D eigenvalue weighted by Crippen LogP contribution is 2.42. The number of carbonyl (C=O) groups excluding carboxylic acids is 2. The molecule has 1 aromatic carbocycles. The Hall–Kier alpha value is -2.81. The van der Waals surface area contributed by atoms with Crippen LogP contribution in [0.25, 0.3) is 0 Å². The molecule has 14 heteroatoms. The van der Waals surface area contributed by atoms with Crippen molar-refractivity contribution in [3.63, 3.8) is 0 Å².